The van der Waals surface area contributed by atoms with Crippen LogP contribution in [0.2, 0.25) is 0 Å². The molecule has 0 aliphatic rings. The molecule has 0 spiro atoms. The first-order chi connectivity index (χ1) is 12.6. The van der Waals surface area contributed by atoms with Crippen LogP contribution in [0.4, 0.5) is 0 Å². The van der Waals surface area contributed by atoms with Crippen LogP contribution in [0.5, 0.6) is 0 Å². The van der Waals surface area contributed by atoms with Crippen molar-refractivity contribution in [3.63, 3.8) is 0 Å². The maximum absolute atomic E-state index is 13.8. The van der Waals surface area contributed by atoms with Gasteiger partial charge in [0.05, 0.1) is 32.6 Å². The van der Waals surface area contributed by atoms with E-state index < -0.39 is 28.7 Å². The van der Waals surface area contributed by atoms with Crippen molar-refractivity contribution in [2.45, 2.75) is 9.79 Å². The Morgan fingerprint density at radius 3 is 1.31 bits per heavy atom. The van der Waals surface area contributed by atoms with Gasteiger partial charge in [0.15, 0.2) is 0 Å². The standard InChI is InChI=1S/C20H19O3PS2/c21-24(18-10-4-1-5-11-18,16-25(22)19-12-6-2-7-13-19)17-26(23)20-14-8-3-9-15-20/h1-15H,16-17H2. The van der Waals surface area contributed by atoms with Crippen LogP contribution >= 0.6 is 7.14 Å². The second-order valence-corrected chi connectivity index (χ2v) is 12.5. The third kappa shape index (κ3) is 4.67. The van der Waals surface area contributed by atoms with Crippen molar-refractivity contribution in [2.75, 3.05) is 11.0 Å². The van der Waals surface area contributed by atoms with E-state index >= 15 is 0 Å². The molecule has 0 aromatic heterocycles. The SMILES string of the molecule is O=S(CP(=O)(CS(=O)c1ccccc1)c1ccccc1)c1ccccc1. The third-order valence-corrected chi connectivity index (χ3v) is 11.9. The molecule has 0 saturated heterocycles. The Bertz CT molecular complexity index is 887. The van der Waals surface area contributed by atoms with E-state index in [1.54, 1.807) is 48.5 Å². The average Bonchev–Trinajstić information content (AvgIpc) is 2.70. The number of benzene rings is 3. The van der Waals surface area contributed by atoms with Gasteiger partial charge in [0.25, 0.3) is 0 Å². The van der Waals surface area contributed by atoms with Gasteiger partial charge in [-0.1, -0.05) is 66.7 Å². The largest absolute Gasteiger partial charge is 0.317 e. The normalized spacial score (nSPS) is 15.7. The van der Waals surface area contributed by atoms with Crippen LogP contribution in [-0.2, 0) is 26.2 Å². The summed E-state index contributed by atoms with van der Waals surface area (Å²) in [5, 5.41) is 0.619. The van der Waals surface area contributed by atoms with Crippen molar-refractivity contribution >= 4 is 34.0 Å². The van der Waals surface area contributed by atoms with Crippen molar-refractivity contribution in [3.8, 4) is 0 Å². The summed E-state index contributed by atoms with van der Waals surface area (Å²) in [7, 11) is -5.96. The van der Waals surface area contributed by atoms with E-state index in [1.807, 2.05) is 42.5 Å². The Morgan fingerprint density at radius 2 is 0.923 bits per heavy atom. The molecule has 26 heavy (non-hydrogen) atoms. The molecule has 3 aromatic carbocycles. The van der Waals surface area contributed by atoms with Crippen LogP contribution in [0.15, 0.2) is 101 Å². The summed E-state index contributed by atoms with van der Waals surface area (Å²) in [4.78, 5) is 1.27. The van der Waals surface area contributed by atoms with Gasteiger partial charge in [0.1, 0.15) is 7.14 Å². The van der Waals surface area contributed by atoms with Crippen LogP contribution < -0.4 is 5.30 Å². The van der Waals surface area contributed by atoms with Gasteiger partial charge in [0, 0.05) is 15.1 Å². The van der Waals surface area contributed by atoms with E-state index in [1.165, 1.54) is 0 Å². The minimum atomic E-state index is -3.12. The fourth-order valence-electron chi connectivity index (χ4n) is 2.56. The molecule has 0 heterocycles. The smallest absolute Gasteiger partial charge is 0.140 e. The molecule has 2 atom stereocenters. The monoisotopic (exact) mass is 402 g/mol. The first kappa shape index (κ1) is 19.0. The molecule has 3 rings (SSSR count). The van der Waals surface area contributed by atoms with E-state index in [2.05, 4.69) is 0 Å². The van der Waals surface area contributed by atoms with Crippen LogP contribution in [0, 0.1) is 0 Å². The molecule has 0 aliphatic carbocycles. The molecule has 0 amide bonds. The van der Waals surface area contributed by atoms with Crippen molar-refractivity contribution in [2.24, 2.45) is 0 Å². The summed E-state index contributed by atoms with van der Waals surface area (Å²) in [6.45, 7) is 0. The summed E-state index contributed by atoms with van der Waals surface area (Å²) in [5.74, 6) is 0. The maximum Gasteiger partial charge on any atom is 0.140 e. The summed E-state index contributed by atoms with van der Waals surface area (Å²) in [5.41, 5.74) is -0.0286. The number of rotatable bonds is 7. The van der Waals surface area contributed by atoms with Gasteiger partial charge in [-0.15, -0.1) is 0 Å². The first-order valence-electron chi connectivity index (χ1n) is 8.09. The maximum atomic E-state index is 13.8. The lowest BCUT2D eigenvalue weighted by molar-refractivity contribution is 0.586. The minimum absolute atomic E-state index is 0.0143. The lowest BCUT2D eigenvalue weighted by Gasteiger charge is -2.18. The van der Waals surface area contributed by atoms with Crippen molar-refractivity contribution in [3.05, 3.63) is 91.0 Å². The molecule has 3 nitrogen and oxygen atoms in total. The fraction of sp³-hybridized carbons (Fsp3) is 0.100. The molecular formula is C20H19O3PS2. The average molecular weight is 402 g/mol. The van der Waals surface area contributed by atoms with Crippen LogP contribution in [0.25, 0.3) is 0 Å². The van der Waals surface area contributed by atoms with E-state index in [0.29, 0.717) is 15.1 Å². The van der Waals surface area contributed by atoms with E-state index in [0.717, 1.165) is 0 Å². The molecule has 2 unspecified atom stereocenters. The Kier molecular flexibility index (Phi) is 6.36. The number of hydrogen-bond acceptors (Lipinski definition) is 3. The zero-order valence-electron chi connectivity index (χ0n) is 14.1. The van der Waals surface area contributed by atoms with E-state index in [9.17, 15) is 13.0 Å². The Balaban J connectivity index is 1.91. The molecule has 0 bridgehead atoms. The van der Waals surface area contributed by atoms with Gasteiger partial charge >= 0.3 is 0 Å². The topological polar surface area (TPSA) is 51.2 Å². The molecule has 0 aliphatic heterocycles. The summed E-state index contributed by atoms with van der Waals surface area (Å²) >= 11 is 0. The van der Waals surface area contributed by atoms with Gasteiger partial charge in [-0.3, -0.25) is 8.42 Å². The van der Waals surface area contributed by atoms with Crippen LogP contribution in [0.3, 0.4) is 0 Å². The molecule has 0 N–H and O–H groups in total. The third-order valence-electron chi connectivity index (χ3n) is 3.89. The predicted octanol–water partition coefficient (Wildman–Crippen LogP) is 4.21. The Labute approximate surface area is 158 Å². The van der Waals surface area contributed by atoms with Crippen LogP contribution in [-0.4, -0.2) is 19.4 Å². The summed E-state index contributed by atoms with van der Waals surface area (Å²) < 4.78 is 39.4. The Morgan fingerprint density at radius 1 is 0.577 bits per heavy atom. The highest BCUT2D eigenvalue weighted by molar-refractivity contribution is 8.02. The quantitative estimate of drug-likeness (QED) is 0.557. The highest BCUT2D eigenvalue weighted by atomic mass is 32.2. The fourth-order valence-corrected chi connectivity index (χ4v) is 10.6. The molecule has 0 fully saturated rings. The number of hydrogen-bond donors (Lipinski definition) is 0. The molecule has 0 radical (unpaired) electrons. The van der Waals surface area contributed by atoms with E-state index in [4.69, 9.17) is 0 Å². The van der Waals surface area contributed by atoms with Crippen molar-refractivity contribution in [1.82, 2.24) is 0 Å². The lowest BCUT2D eigenvalue weighted by Crippen LogP contribution is -2.16. The van der Waals surface area contributed by atoms with Crippen LogP contribution in [0.1, 0.15) is 0 Å². The second-order valence-electron chi connectivity index (χ2n) is 5.80. The second kappa shape index (κ2) is 8.72. The lowest BCUT2D eigenvalue weighted by atomic mass is 10.4. The first-order valence-corrected chi connectivity index (χ1v) is 12.8. The van der Waals surface area contributed by atoms with Gasteiger partial charge < -0.3 is 4.57 Å². The zero-order valence-corrected chi connectivity index (χ0v) is 16.6. The van der Waals surface area contributed by atoms with E-state index in [-0.39, 0.29) is 11.0 Å². The molecule has 6 heteroatoms. The predicted molar refractivity (Wildman–Crippen MR) is 109 cm³/mol. The molecule has 134 valence electrons. The zero-order chi connectivity index (χ0) is 18.4. The van der Waals surface area contributed by atoms with Gasteiger partial charge in [-0.25, -0.2) is 0 Å². The molecule has 3 aromatic rings. The minimum Gasteiger partial charge on any atom is -0.317 e. The summed E-state index contributed by atoms with van der Waals surface area (Å²) in [6, 6.07) is 27.0. The molecule has 0 saturated carbocycles. The van der Waals surface area contributed by atoms with Gasteiger partial charge in [-0.05, 0) is 24.3 Å². The van der Waals surface area contributed by atoms with Gasteiger partial charge in [-0.2, -0.15) is 0 Å². The molecular weight excluding hydrogens is 383 g/mol. The van der Waals surface area contributed by atoms with Gasteiger partial charge in [0.2, 0.25) is 0 Å². The highest BCUT2D eigenvalue weighted by Crippen LogP contribution is 2.47. The van der Waals surface area contributed by atoms with Crippen molar-refractivity contribution in [1.29, 1.82) is 0 Å². The summed E-state index contributed by atoms with van der Waals surface area (Å²) in [6.07, 6.45) is 0. The Hall–Kier alpha value is -1.81. The van der Waals surface area contributed by atoms with Crippen molar-refractivity contribution < 1.29 is 13.0 Å². The highest BCUT2D eigenvalue weighted by Gasteiger charge is 2.30.